The molecular formula is C21H27N3O3. The van der Waals surface area contributed by atoms with Gasteiger partial charge in [0.05, 0.1) is 12.2 Å². The van der Waals surface area contributed by atoms with E-state index in [1.807, 2.05) is 60.7 Å². The minimum Gasteiger partial charge on any atom is -0.444 e. The summed E-state index contributed by atoms with van der Waals surface area (Å²) in [6.45, 7) is 6.12. The molecule has 2 rings (SSSR count). The molecule has 0 aliphatic heterocycles. The van der Waals surface area contributed by atoms with Gasteiger partial charge in [-0.05, 0) is 38.5 Å². The first kappa shape index (κ1) is 20.3. The van der Waals surface area contributed by atoms with E-state index in [0.29, 0.717) is 6.54 Å². The zero-order valence-corrected chi connectivity index (χ0v) is 16.1. The molecule has 0 aromatic heterocycles. The van der Waals surface area contributed by atoms with Crippen molar-refractivity contribution in [3.63, 3.8) is 0 Å². The van der Waals surface area contributed by atoms with E-state index in [4.69, 9.17) is 4.74 Å². The highest BCUT2D eigenvalue weighted by atomic mass is 16.6. The first-order chi connectivity index (χ1) is 12.8. The third kappa shape index (κ3) is 7.81. The quantitative estimate of drug-likeness (QED) is 0.731. The summed E-state index contributed by atoms with van der Waals surface area (Å²) >= 11 is 0. The van der Waals surface area contributed by atoms with Gasteiger partial charge in [0.1, 0.15) is 5.60 Å². The van der Waals surface area contributed by atoms with Crippen LogP contribution in [0, 0.1) is 0 Å². The Bertz CT molecular complexity index is 727. The largest absolute Gasteiger partial charge is 0.444 e. The highest BCUT2D eigenvalue weighted by molar-refractivity contribution is 5.78. The second-order valence-electron chi connectivity index (χ2n) is 7.12. The summed E-state index contributed by atoms with van der Waals surface area (Å²) in [6.07, 6.45) is -0.378. The van der Waals surface area contributed by atoms with Gasteiger partial charge in [-0.1, -0.05) is 48.5 Å². The van der Waals surface area contributed by atoms with E-state index in [0.717, 1.165) is 11.3 Å². The maximum Gasteiger partial charge on any atom is 0.407 e. The monoisotopic (exact) mass is 369 g/mol. The Morgan fingerprint density at radius 1 is 0.963 bits per heavy atom. The lowest BCUT2D eigenvalue weighted by atomic mass is 10.2. The van der Waals surface area contributed by atoms with Crippen molar-refractivity contribution in [1.29, 1.82) is 0 Å². The molecule has 2 amide bonds. The molecule has 144 valence electrons. The van der Waals surface area contributed by atoms with Crippen molar-refractivity contribution in [2.45, 2.75) is 39.3 Å². The van der Waals surface area contributed by atoms with Crippen molar-refractivity contribution in [1.82, 2.24) is 10.7 Å². The lowest BCUT2D eigenvalue weighted by Gasteiger charge is -2.25. The molecule has 0 fully saturated rings. The second-order valence-corrected chi connectivity index (χ2v) is 7.12. The van der Waals surface area contributed by atoms with Crippen LogP contribution in [-0.4, -0.2) is 24.1 Å². The second kappa shape index (κ2) is 9.62. The third-order valence-corrected chi connectivity index (χ3v) is 3.53. The van der Waals surface area contributed by atoms with E-state index in [1.165, 1.54) is 0 Å². The molecule has 0 aliphatic rings. The Morgan fingerprint density at radius 2 is 1.56 bits per heavy atom. The van der Waals surface area contributed by atoms with Gasteiger partial charge in [0.25, 0.3) is 0 Å². The van der Waals surface area contributed by atoms with Crippen LogP contribution >= 0.6 is 0 Å². The van der Waals surface area contributed by atoms with Crippen molar-refractivity contribution in [2.75, 3.05) is 11.6 Å². The SMILES string of the molecule is CC(C)(C)OC(=O)NCCC(=O)NN(Cc1ccccc1)c1ccccc1. The molecule has 0 bridgehead atoms. The molecule has 6 nitrogen and oxygen atoms in total. The Labute approximate surface area is 160 Å². The summed E-state index contributed by atoms with van der Waals surface area (Å²) in [4.78, 5) is 24.0. The van der Waals surface area contributed by atoms with E-state index in [9.17, 15) is 9.59 Å². The molecule has 0 saturated heterocycles. The number of ether oxygens (including phenoxy) is 1. The zero-order valence-electron chi connectivity index (χ0n) is 16.1. The summed E-state index contributed by atoms with van der Waals surface area (Å²) in [7, 11) is 0. The van der Waals surface area contributed by atoms with E-state index >= 15 is 0 Å². The number of hydrogen-bond acceptors (Lipinski definition) is 4. The molecule has 0 spiro atoms. The molecule has 27 heavy (non-hydrogen) atoms. The minimum absolute atomic E-state index is 0.150. The Morgan fingerprint density at radius 3 is 2.15 bits per heavy atom. The molecule has 0 unspecified atom stereocenters. The summed E-state index contributed by atoms with van der Waals surface area (Å²) < 4.78 is 5.16. The summed E-state index contributed by atoms with van der Waals surface area (Å²) in [5.74, 6) is -0.189. The van der Waals surface area contributed by atoms with Gasteiger partial charge in [0, 0.05) is 13.0 Å². The van der Waals surface area contributed by atoms with E-state index in [-0.39, 0.29) is 18.9 Å². The number of para-hydroxylation sites is 1. The number of nitrogens with zero attached hydrogens (tertiary/aromatic N) is 1. The van der Waals surface area contributed by atoms with Crippen molar-refractivity contribution in [3.05, 3.63) is 66.2 Å². The van der Waals surface area contributed by atoms with Crippen LogP contribution in [0.15, 0.2) is 60.7 Å². The average Bonchev–Trinajstić information content (AvgIpc) is 2.61. The number of amides is 2. The van der Waals surface area contributed by atoms with Gasteiger partial charge in [-0.25, -0.2) is 4.79 Å². The first-order valence-corrected chi connectivity index (χ1v) is 8.96. The number of benzene rings is 2. The number of alkyl carbamates (subject to hydrolysis) is 1. The zero-order chi connectivity index (χ0) is 19.7. The fourth-order valence-corrected chi connectivity index (χ4v) is 2.37. The number of rotatable bonds is 7. The third-order valence-electron chi connectivity index (χ3n) is 3.53. The van der Waals surface area contributed by atoms with E-state index in [2.05, 4.69) is 10.7 Å². The highest BCUT2D eigenvalue weighted by Gasteiger charge is 2.16. The predicted molar refractivity (Wildman–Crippen MR) is 106 cm³/mol. The fraction of sp³-hybridized carbons (Fsp3) is 0.333. The van der Waals surface area contributed by atoms with Crippen LogP contribution in [0.1, 0.15) is 32.8 Å². The van der Waals surface area contributed by atoms with E-state index < -0.39 is 11.7 Å². The number of carbonyl (C=O) groups excluding carboxylic acids is 2. The van der Waals surface area contributed by atoms with Gasteiger partial charge >= 0.3 is 6.09 Å². The van der Waals surface area contributed by atoms with Gasteiger partial charge in [-0.15, -0.1) is 0 Å². The summed E-state index contributed by atoms with van der Waals surface area (Å²) in [6, 6.07) is 19.5. The molecule has 0 aliphatic carbocycles. The van der Waals surface area contributed by atoms with Crippen LogP contribution in [0.4, 0.5) is 10.5 Å². The fourth-order valence-electron chi connectivity index (χ4n) is 2.37. The van der Waals surface area contributed by atoms with Crippen molar-refractivity contribution < 1.29 is 14.3 Å². The molecule has 2 N–H and O–H groups in total. The number of hydrazine groups is 1. The van der Waals surface area contributed by atoms with Crippen LogP contribution in [0.5, 0.6) is 0 Å². The molecule has 2 aromatic rings. The minimum atomic E-state index is -0.563. The van der Waals surface area contributed by atoms with Gasteiger partial charge < -0.3 is 10.1 Å². The van der Waals surface area contributed by atoms with Crippen LogP contribution < -0.4 is 15.8 Å². The van der Waals surface area contributed by atoms with Gasteiger partial charge in [0.2, 0.25) is 5.91 Å². The molecule has 0 heterocycles. The van der Waals surface area contributed by atoms with Gasteiger partial charge in [-0.3, -0.25) is 15.2 Å². The molecule has 0 atom stereocenters. The first-order valence-electron chi connectivity index (χ1n) is 8.96. The lowest BCUT2D eigenvalue weighted by molar-refractivity contribution is -0.121. The van der Waals surface area contributed by atoms with Crippen LogP contribution in [0.2, 0.25) is 0 Å². The van der Waals surface area contributed by atoms with Crippen molar-refractivity contribution >= 4 is 17.7 Å². The molecule has 6 heteroatoms. The van der Waals surface area contributed by atoms with Crippen molar-refractivity contribution in [2.24, 2.45) is 0 Å². The number of carbonyl (C=O) groups is 2. The smallest absolute Gasteiger partial charge is 0.407 e. The molecule has 0 radical (unpaired) electrons. The predicted octanol–water partition coefficient (Wildman–Crippen LogP) is 3.64. The van der Waals surface area contributed by atoms with Crippen LogP contribution in [-0.2, 0) is 16.1 Å². The summed E-state index contributed by atoms with van der Waals surface area (Å²) in [5.41, 5.74) is 4.30. The van der Waals surface area contributed by atoms with Gasteiger partial charge in [-0.2, -0.15) is 0 Å². The van der Waals surface area contributed by atoms with Crippen LogP contribution in [0.3, 0.4) is 0 Å². The maximum absolute atomic E-state index is 12.3. The Hall–Kier alpha value is -3.02. The maximum atomic E-state index is 12.3. The van der Waals surface area contributed by atoms with Crippen molar-refractivity contribution in [3.8, 4) is 0 Å². The lowest BCUT2D eigenvalue weighted by Crippen LogP contribution is -2.43. The van der Waals surface area contributed by atoms with Gasteiger partial charge in [0.15, 0.2) is 0 Å². The standard InChI is InChI=1S/C21H27N3O3/c1-21(2,3)27-20(26)22-15-14-19(25)23-24(18-12-8-5-9-13-18)16-17-10-6-4-7-11-17/h4-13H,14-16H2,1-3H3,(H,22,26)(H,23,25). The Balaban J connectivity index is 1.91. The number of hydrogen-bond donors (Lipinski definition) is 2. The molecular weight excluding hydrogens is 342 g/mol. The normalized spacial score (nSPS) is 10.8. The average molecular weight is 369 g/mol. The van der Waals surface area contributed by atoms with Crippen LogP contribution in [0.25, 0.3) is 0 Å². The number of anilines is 1. The van der Waals surface area contributed by atoms with E-state index in [1.54, 1.807) is 25.8 Å². The molecule has 0 saturated carbocycles. The summed E-state index contributed by atoms with van der Waals surface area (Å²) in [5, 5.41) is 4.39. The molecule has 2 aromatic carbocycles. The Kier molecular flexibility index (Phi) is 7.23. The highest BCUT2D eigenvalue weighted by Crippen LogP contribution is 2.14. The topological polar surface area (TPSA) is 70.7 Å². The number of nitrogens with one attached hydrogen (secondary N) is 2.